The minimum absolute atomic E-state index is 0.0656. The number of unbranched alkanes of at least 4 members (excludes halogenated alkanes) is 52. The zero-order valence-corrected chi connectivity index (χ0v) is 48.1. The second kappa shape index (κ2) is 62.2. The lowest BCUT2D eigenvalue weighted by Gasteiger charge is -2.19. The molecule has 4 heteroatoms. The van der Waals surface area contributed by atoms with Crippen LogP contribution in [0.25, 0.3) is 0 Å². The topological polar surface area (TPSA) is 69.6 Å². The Kier molecular flexibility index (Phi) is 61.2. The highest BCUT2D eigenvalue weighted by atomic mass is 16.3. The van der Waals surface area contributed by atoms with E-state index in [0.717, 1.165) is 32.1 Å². The third-order valence-electron chi connectivity index (χ3n) is 15.4. The molecule has 0 aromatic rings. The molecule has 0 spiro atoms. The van der Waals surface area contributed by atoms with Crippen molar-refractivity contribution in [3.05, 3.63) is 24.3 Å². The van der Waals surface area contributed by atoms with E-state index in [2.05, 4.69) is 31.3 Å². The van der Waals surface area contributed by atoms with Crippen molar-refractivity contribution < 1.29 is 15.0 Å². The Labute approximate surface area is 440 Å². The van der Waals surface area contributed by atoms with E-state index < -0.39 is 12.1 Å². The fourth-order valence-corrected chi connectivity index (χ4v) is 10.5. The van der Waals surface area contributed by atoms with E-state index in [0.29, 0.717) is 6.42 Å². The van der Waals surface area contributed by atoms with Gasteiger partial charge >= 0.3 is 0 Å². The number of carbonyl (C=O) groups excluding carboxylic acids is 1. The lowest BCUT2D eigenvalue weighted by molar-refractivity contribution is -0.123. The summed E-state index contributed by atoms with van der Waals surface area (Å²) in [6.07, 6.45) is 84.0. The molecule has 0 aromatic carbocycles. The smallest absolute Gasteiger partial charge is 0.220 e. The molecule has 0 aliphatic rings. The molecule has 70 heavy (non-hydrogen) atoms. The molecule has 2 atom stereocenters. The first-order valence-electron chi connectivity index (χ1n) is 32.6. The van der Waals surface area contributed by atoms with Crippen molar-refractivity contribution in [1.82, 2.24) is 5.32 Å². The summed E-state index contributed by atoms with van der Waals surface area (Å²) in [6, 6.07) is -0.637. The van der Waals surface area contributed by atoms with Gasteiger partial charge in [-0.05, 0) is 32.1 Å². The summed E-state index contributed by atoms with van der Waals surface area (Å²) in [7, 11) is 0. The lowest BCUT2D eigenvalue weighted by Crippen LogP contribution is -2.45. The van der Waals surface area contributed by atoms with Gasteiger partial charge in [-0.25, -0.2) is 0 Å². The predicted octanol–water partition coefficient (Wildman–Crippen LogP) is 21.8. The Morgan fingerprint density at radius 1 is 0.329 bits per heavy atom. The maximum absolute atomic E-state index is 12.5. The van der Waals surface area contributed by atoms with Gasteiger partial charge in [0.1, 0.15) is 0 Å². The van der Waals surface area contributed by atoms with Crippen LogP contribution in [-0.4, -0.2) is 34.9 Å². The molecule has 0 aliphatic carbocycles. The number of aliphatic hydroxyl groups excluding tert-OH is 2. The normalized spacial score (nSPS) is 12.8. The second-order valence-corrected chi connectivity index (χ2v) is 22.5. The van der Waals surface area contributed by atoms with Crippen LogP contribution in [0.3, 0.4) is 0 Å². The molecule has 1 amide bonds. The SMILES string of the molecule is CCCCCCCCCCCCCCC/C=C/CC/C=C/C(O)C(CO)NC(=O)CCCCCCCCCCCCCCCCCCCCCCCCCCCCCCCCCCCCCCCCC. The Balaban J connectivity index is 3.38. The van der Waals surface area contributed by atoms with Crippen LogP contribution in [-0.2, 0) is 4.79 Å². The van der Waals surface area contributed by atoms with Gasteiger partial charge in [0, 0.05) is 6.42 Å². The minimum atomic E-state index is -0.860. The van der Waals surface area contributed by atoms with Crippen LogP contribution in [0.2, 0.25) is 0 Å². The van der Waals surface area contributed by atoms with Gasteiger partial charge in [-0.1, -0.05) is 359 Å². The van der Waals surface area contributed by atoms with Gasteiger partial charge in [0.15, 0.2) is 0 Å². The number of carbonyl (C=O) groups is 1. The molecule has 2 unspecified atom stereocenters. The van der Waals surface area contributed by atoms with Gasteiger partial charge in [0.2, 0.25) is 5.91 Å². The Hall–Kier alpha value is -1.13. The molecule has 0 aliphatic heterocycles. The molecule has 0 saturated carbocycles. The minimum Gasteiger partial charge on any atom is -0.394 e. The Morgan fingerprint density at radius 3 is 0.829 bits per heavy atom. The highest BCUT2D eigenvalue weighted by Crippen LogP contribution is 2.19. The van der Waals surface area contributed by atoms with Crippen molar-refractivity contribution in [2.75, 3.05) is 6.61 Å². The number of nitrogens with one attached hydrogen (secondary N) is 1. The van der Waals surface area contributed by atoms with Crippen molar-refractivity contribution in [2.24, 2.45) is 0 Å². The van der Waals surface area contributed by atoms with E-state index in [1.54, 1.807) is 6.08 Å². The van der Waals surface area contributed by atoms with Crippen molar-refractivity contribution in [3.63, 3.8) is 0 Å². The van der Waals surface area contributed by atoms with E-state index >= 15 is 0 Å². The van der Waals surface area contributed by atoms with Gasteiger partial charge < -0.3 is 15.5 Å². The number of rotatable bonds is 61. The summed E-state index contributed by atoms with van der Waals surface area (Å²) in [6.45, 7) is 4.34. The second-order valence-electron chi connectivity index (χ2n) is 22.5. The summed E-state index contributed by atoms with van der Waals surface area (Å²) in [5.41, 5.74) is 0. The van der Waals surface area contributed by atoms with E-state index in [9.17, 15) is 15.0 Å². The van der Waals surface area contributed by atoms with Crippen molar-refractivity contribution in [3.8, 4) is 0 Å². The number of hydrogen-bond donors (Lipinski definition) is 3. The van der Waals surface area contributed by atoms with Gasteiger partial charge in [0.05, 0.1) is 18.8 Å². The molecule has 0 heterocycles. The number of amides is 1. The summed E-state index contributed by atoms with van der Waals surface area (Å²) in [5, 5.41) is 23.2. The molecule has 416 valence electrons. The fraction of sp³-hybridized carbons (Fsp3) is 0.924. The van der Waals surface area contributed by atoms with Gasteiger partial charge in [-0.2, -0.15) is 0 Å². The van der Waals surface area contributed by atoms with Gasteiger partial charge in [-0.15, -0.1) is 0 Å². The highest BCUT2D eigenvalue weighted by molar-refractivity contribution is 5.76. The van der Waals surface area contributed by atoms with Crippen LogP contribution in [0.15, 0.2) is 24.3 Å². The first kappa shape index (κ1) is 68.9. The quantitative estimate of drug-likeness (QED) is 0.0420. The highest BCUT2D eigenvalue weighted by Gasteiger charge is 2.18. The summed E-state index contributed by atoms with van der Waals surface area (Å²) >= 11 is 0. The van der Waals surface area contributed by atoms with Gasteiger partial charge in [0.25, 0.3) is 0 Å². The fourth-order valence-electron chi connectivity index (χ4n) is 10.5. The number of allylic oxidation sites excluding steroid dienone is 3. The maximum atomic E-state index is 12.5. The Bertz CT molecular complexity index is 1020. The van der Waals surface area contributed by atoms with Crippen molar-refractivity contribution in [2.45, 2.75) is 386 Å². The van der Waals surface area contributed by atoms with E-state index in [1.165, 1.54) is 321 Å². The molecule has 0 saturated heterocycles. The van der Waals surface area contributed by atoms with Crippen molar-refractivity contribution in [1.29, 1.82) is 0 Å². The summed E-state index contributed by atoms with van der Waals surface area (Å²) in [4.78, 5) is 12.5. The van der Waals surface area contributed by atoms with Crippen LogP contribution in [0, 0.1) is 0 Å². The summed E-state index contributed by atoms with van der Waals surface area (Å²) < 4.78 is 0. The third kappa shape index (κ3) is 57.8. The zero-order chi connectivity index (χ0) is 50.6. The standard InChI is InChI=1S/C66H129NO3/c1-3-5-7-9-11-13-15-17-19-21-23-24-25-26-27-28-29-30-31-32-33-34-35-36-37-38-39-40-41-42-44-46-48-50-52-54-56-58-60-62-66(70)67-64(63-68)65(69)61-59-57-55-53-51-49-47-45-43-22-20-18-16-14-12-10-8-6-4-2/h51,53,59,61,64-65,68-69H,3-50,52,54-58,60,62-63H2,1-2H3,(H,67,70)/b53-51+,61-59+. The molecule has 0 rings (SSSR count). The largest absolute Gasteiger partial charge is 0.394 e. The first-order chi connectivity index (χ1) is 34.7. The van der Waals surface area contributed by atoms with Crippen LogP contribution in [0.5, 0.6) is 0 Å². The molecular formula is C66H129NO3. The first-order valence-corrected chi connectivity index (χ1v) is 32.6. The van der Waals surface area contributed by atoms with E-state index in [4.69, 9.17) is 0 Å². The van der Waals surface area contributed by atoms with Crippen LogP contribution in [0.4, 0.5) is 0 Å². The third-order valence-corrected chi connectivity index (χ3v) is 15.4. The van der Waals surface area contributed by atoms with Crippen molar-refractivity contribution >= 4 is 5.91 Å². The molecule has 0 bridgehead atoms. The Morgan fingerprint density at radius 2 is 0.557 bits per heavy atom. The average molecular weight is 985 g/mol. The zero-order valence-electron chi connectivity index (χ0n) is 48.1. The predicted molar refractivity (Wildman–Crippen MR) is 313 cm³/mol. The van der Waals surface area contributed by atoms with E-state index in [1.807, 2.05) is 6.08 Å². The van der Waals surface area contributed by atoms with Crippen LogP contribution >= 0.6 is 0 Å². The molecule has 3 N–H and O–H groups in total. The molecule has 0 fully saturated rings. The average Bonchev–Trinajstić information content (AvgIpc) is 3.36. The monoisotopic (exact) mass is 984 g/mol. The molecule has 0 aromatic heterocycles. The van der Waals surface area contributed by atoms with E-state index in [-0.39, 0.29) is 12.5 Å². The summed E-state index contributed by atoms with van der Waals surface area (Å²) in [5.74, 6) is -0.0656. The molecule has 4 nitrogen and oxygen atoms in total. The number of aliphatic hydroxyl groups is 2. The molecular weight excluding hydrogens is 855 g/mol. The van der Waals surface area contributed by atoms with Crippen LogP contribution in [0.1, 0.15) is 373 Å². The van der Waals surface area contributed by atoms with Gasteiger partial charge in [-0.3, -0.25) is 4.79 Å². The lowest BCUT2D eigenvalue weighted by atomic mass is 10.0. The number of hydrogen-bond acceptors (Lipinski definition) is 3. The van der Waals surface area contributed by atoms with Crippen LogP contribution < -0.4 is 5.32 Å². The molecule has 0 radical (unpaired) electrons. The maximum Gasteiger partial charge on any atom is 0.220 e.